The molecule has 0 radical (unpaired) electrons. The summed E-state index contributed by atoms with van der Waals surface area (Å²) in [6.07, 6.45) is -0.917. The van der Waals surface area contributed by atoms with Crippen molar-refractivity contribution in [1.29, 1.82) is 0 Å². The zero-order valence-electron chi connectivity index (χ0n) is 7.95. The summed E-state index contributed by atoms with van der Waals surface area (Å²) in [5, 5.41) is 0. The molecule has 0 aliphatic rings. The molecule has 1 amide bonds. The summed E-state index contributed by atoms with van der Waals surface area (Å²) in [5.74, 6) is 0. The van der Waals surface area contributed by atoms with Crippen molar-refractivity contribution in [3.05, 3.63) is 36.4 Å². The van der Waals surface area contributed by atoms with Crippen LogP contribution < -0.4 is 5.43 Å². The summed E-state index contributed by atoms with van der Waals surface area (Å²) in [6.45, 7) is 0. The summed E-state index contributed by atoms with van der Waals surface area (Å²) >= 11 is 0. The van der Waals surface area contributed by atoms with E-state index in [1.807, 2.05) is 36.4 Å². The van der Waals surface area contributed by atoms with Crippen molar-refractivity contribution >= 4 is 16.6 Å². The lowest BCUT2D eigenvalue weighted by atomic mass is 10.4. The van der Waals surface area contributed by atoms with Crippen molar-refractivity contribution < 1.29 is 17.9 Å². The predicted molar refractivity (Wildman–Crippen MR) is 53.3 cm³/mol. The van der Waals surface area contributed by atoms with E-state index in [4.69, 9.17) is 0 Å². The van der Waals surface area contributed by atoms with Gasteiger partial charge in [-0.2, -0.15) is 13.8 Å². The molecule has 0 spiro atoms. The fraction of sp³-hybridized carbons (Fsp3) is 0.125. The number of amides is 1. The van der Waals surface area contributed by atoms with Crippen LogP contribution in [0, 0.1) is 0 Å². The smallest absolute Gasteiger partial charge is 0.428 e. The third-order valence-electron chi connectivity index (χ3n) is 1.06. The molecule has 0 atom stereocenters. The third kappa shape index (κ3) is 10.0. The van der Waals surface area contributed by atoms with Gasteiger partial charge < -0.3 is 4.74 Å². The molecule has 0 saturated heterocycles. The Bertz CT molecular complexity index is 367. The zero-order valence-corrected chi connectivity index (χ0v) is 8.77. The second kappa shape index (κ2) is 8.70. The Hall–Kier alpha value is -1.89. The minimum Gasteiger partial charge on any atom is -0.452 e. The molecule has 0 aromatic heterocycles. The standard InChI is InChI=1S/C6H6.C2H4N2O4S/c1-2-4-6-5-3-1;1-8-2(5)3-4-9(6)7/h1-6H;1H3,(H,3,5). The maximum atomic E-state index is 10.0. The molecule has 15 heavy (non-hydrogen) atoms. The summed E-state index contributed by atoms with van der Waals surface area (Å²) < 4.78 is 25.7. The molecule has 0 unspecified atom stereocenters. The van der Waals surface area contributed by atoms with Crippen LogP contribution in [-0.2, 0) is 15.2 Å². The molecule has 0 bridgehead atoms. The SMILES string of the molecule is COC(=O)NN=S(=O)=O.c1ccccc1. The molecule has 1 aromatic rings. The van der Waals surface area contributed by atoms with Crippen LogP contribution >= 0.6 is 0 Å². The summed E-state index contributed by atoms with van der Waals surface area (Å²) in [5.41, 5.74) is 1.58. The van der Waals surface area contributed by atoms with Crippen LogP contribution in [0.3, 0.4) is 0 Å². The Morgan fingerprint density at radius 3 is 1.80 bits per heavy atom. The van der Waals surface area contributed by atoms with E-state index in [-0.39, 0.29) is 0 Å². The monoisotopic (exact) mass is 230 g/mol. The van der Waals surface area contributed by atoms with Crippen LogP contribution in [0.5, 0.6) is 0 Å². The van der Waals surface area contributed by atoms with Crippen LogP contribution in [-0.4, -0.2) is 21.6 Å². The van der Waals surface area contributed by atoms with Gasteiger partial charge in [-0.15, -0.1) is 0 Å². The van der Waals surface area contributed by atoms with Gasteiger partial charge in [-0.1, -0.05) is 36.4 Å². The molecular weight excluding hydrogens is 220 g/mol. The van der Waals surface area contributed by atoms with Crippen molar-refractivity contribution in [2.45, 2.75) is 0 Å². The molecule has 0 aliphatic carbocycles. The molecule has 82 valence electrons. The van der Waals surface area contributed by atoms with Crippen LogP contribution in [0.4, 0.5) is 4.79 Å². The largest absolute Gasteiger partial charge is 0.452 e. The number of benzene rings is 1. The second-order valence-electron chi connectivity index (χ2n) is 2.07. The number of ether oxygens (including phenoxy) is 1. The second-order valence-corrected chi connectivity index (χ2v) is 2.68. The average Bonchev–Trinajstić information content (AvgIpc) is 2.29. The highest BCUT2D eigenvalue weighted by atomic mass is 32.2. The topological polar surface area (TPSA) is 84.8 Å². The fourth-order valence-electron chi connectivity index (χ4n) is 0.505. The summed E-state index contributed by atoms with van der Waals surface area (Å²) in [7, 11) is -1.53. The van der Waals surface area contributed by atoms with Crippen molar-refractivity contribution in [2.24, 2.45) is 4.47 Å². The Labute approximate surface area is 88.6 Å². The first-order chi connectivity index (χ1) is 7.16. The lowest BCUT2D eigenvalue weighted by molar-refractivity contribution is 0.171. The third-order valence-corrected chi connectivity index (χ3v) is 1.30. The van der Waals surface area contributed by atoms with Gasteiger partial charge in [-0.05, 0) is 4.47 Å². The van der Waals surface area contributed by atoms with E-state index < -0.39 is 16.6 Å². The van der Waals surface area contributed by atoms with E-state index in [9.17, 15) is 13.2 Å². The Morgan fingerprint density at radius 1 is 1.13 bits per heavy atom. The van der Waals surface area contributed by atoms with E-state index in [0.29, 0.717) is 0 Å². The zero-order chi connectivity index (χ0) is 11.5. The van der Waals surface area contributed by atoms with Gasteiger partial charge in [-0.25, -0.2) is 4.79 Å². The molecule has 0 aliphatic heterocycles. The summed E-state index contributed by atoms with van der Waals surface area (Å²) in [6, 6.07) is 12.0. The number of nitrogens with zero attached hydrogens (tertiary/aromatic N) is 1. The normalized spacial score (nSPS) is 7.80. The quantitative estimate of drug-likeness (QED) is 0.729. The highest BCUT2D eigenvalue weighted by Crippen LogP contribution is 1.79. The summed E-state index contributed by atoms with van der Waals surface area (Å²) in [4.78, 5) is 10.0. The first-order valence-corrected chi connectivity index (χ1v) is 4.84. The highest BCUT2D eigenvalue weighted by Gasteiger charge is 1.91. The van der Waals surface area contributed by atoms with E-state index >= 15 is 0 Å². The van der Waals surface area contributed by atoms with E-state index in [1.54, 1.807) is 5.43 Å². The van der Waals surface area contributed by atoms with Gasteiger partial charge in [-0.3, -0.25) is 0 Å². The predicted octanol–water partition coefficient (Wildman–Crippen LogP) is 1.01. The lowest BCUT2D eigenvalue weighted by Crippen LogP contribution is -2.15. The number of carbonyl (C=O) groups excluding carboxylic acids is 1. The molecular formula is C8H10N2O4S. The van der Waals surface area contributed by atoms with Gasteiger partial charge in [0, 0.05) is 0 Å². The van der Waals surface area contributed by atoms with Gasteiger partial charge in [0.2, 0.25) is 0 Å². The van der Waals surface area contributed by atoms with Crippen molar-refractivity contribution in [1.82, 2.24) is 5.43 Å². The number of methoxy groups -OCH3 is 1. The molecule has 0 heterocycles. The van der Waals surface area contributed by atoms with Gasteiger partial charge in [0.1, 0.15) is 0 Å². The van der Waals surface area contributed by atoms with Gasteiger partial charge in [0.05, 0.1) is 7.11 Å². The minimum atomic E-state index is -2.62. The van der Waals surface area contributed by atoms with Gasteiger partial charge in [0.15, 0.2) is 0 Å². The van der Waals surface area contributed by atoms with Crippen LogP contribution in [0.15, 0.2) is 40.9 Å². The van der Waals surface area contributed by atoms with Crippen molar-refractivity contribution in [2.75, 3.05) is 7.11 Å². The Morgan fingerprint density at radius 2 is 1.53 bits per heavy atom. The number of carbonyl (C=O) groups is 1. The number of hydrogen-bond acceptors (Lipinski definition) is 5. The van der Waals surface area contributed by atoms with Gasteiger partial charge >= 0.3 is 16.6 Å². The molecule has 0 fully saturated rings. The first-order valence-electron chi connectivity index (χ1n) is 3.81. The highest BCUT2D eigenvalue weighted by molar-refractivity contribution is 7.61. The minimum absolute atomic E-state index is 0.917. The number of nitrogens with one attached hydrogen (secondary N) is 1. The molecule has 1 aromatic carbocycles. The van der Waals surface area contributed by atoms with Crippen molar-refractivity contribution in [3.8, 4) is 0 Å². The van der Waals surface area contributed by atoms with Crippen LogP contribution in [0.25, 0.3) is 0 Å². The lowest BCUT2D eigenvalue weighted by Gasteiger charge is -1.89. The molecule has 1 rings (SSSR count). The van der Waals surface area contributed by atoms with E-state index in [0.717, 1.165) is 7.11 Å². The van der Waals surface area contributed by atoms with E-state index in [2.05, 4.69) is 9.21 Å². The Balaban J connectivity index is 0.000000280. The Kier molecular flexibility index (Phi) is 7.60. The van der Waals surface area contributed by atoms with Gasteiger partial charge in [0.25, 0.3) is 0 Å². The number of rotatable bonds is 1. The number of hydrogen-bond donors (Lipinski definition) is 1. The molecule has 6 nitrogen and oxygen atoms in total. The molecule has 0 saturated carbocycles. The van der Waals surface area contributed by atoms with Crippen molar-refractivity contribution in [3.63, 3.8) is 0 Å². The maximum Gasteiger partial charge on any atom is 0.428 e. The average molecular weight is 230 g/mol. The molecule has 7 heteroatoms. The van der Waals surface area contributed by atoms with Crippen LogP contribution in [0.2, 0.25) is 0 Å². The van der Waals surface area contributed by atoms with E-state index in [1.165, 1.54) is 0 Å². The molecule has 1 N–H and O–H groups in total. The van der Waals surface area contributed by atoms with Crippen LogP contribution in [0.1, 0.15) is 0 Å². The first kappa shape index (κ1) is 13.1. The maximum absolute atomic E-state index is 10.0. The fourth-order valence-corrected chi connectivity index (χ4v) is 0.654.